The Morgan fingerprint density at radius 3 is 2.36 bits per heavy atom. The molecule has 0 radical (unpaired) electrons. The van der Waals surface area contributed by atoms with Crippen LogP contribution in [0, 0.1) is 5.41 Å². The van der Waals surface area contributed by atoms with E-state index in [4.69, 9.17) is 4.74 Å². The summed E-state index contributed by atoms with van der Waals surface area (Å²) in [6.07, 6.45) is 3.24. The summed E-state index contributed by atoms with van der Waals surface area (Å²) < 4.78 is 6.12. The number of carbonyl (C=O) groups excluding carboxylic acids is 3. The zero-order valence-electron chi connectivity index (χ0n) is 26.5. The van der Waals surface area contributed by atoms with Gasteiger partial charge in [-0.1, -0.05) is 51.1 Å². The number of likely N-dealkylation sites (N-methyl/N-ethyl adjacent to an activating group) is 1. The maximum Gasteiger partial charge on any atom is 0.246 e. The highest BCUT2D eigenvalue weighted by atomic mass is 16.5. The van der Waals surface area contributed by atoms with Gasteiger partial charge in [0, 0.05) is 13.0 Å². The van der Waals surface area contributed by atoms with Crippen LogP contribution in [0.15, 0.2) is 42.5 Å². The van der Waals surface area contributed by atoms with Gasteiger partial charge in [-0.15, -0.1) is 0 Å². The molecule has 0 unspecified atom stereocenters. The Balaban J connectivity index is 1.68. The molecule has 4 atom stereocenters. The van der Waals surface area contributed by atoms with Crippen LogP contribution in [0.2, 0.25) is 0 Å². The number of nitrogens with zero attached hydrogens (tertiary/aromatic N) is 1. The summed E-state index contributed by atoms with van der Waals surface area (Å²) >= 11 is 0. The Kier molecular flexibility index (Phi) is 9.36. The fourth-order valence-corrected chi connectivity index (χ4v) is 5.83. The topological polar surface area (TPSA) is 99.8 Å². The average Bonchev–Trinajstić information content (AvgIpc) is 2.92. The third-order valence-electron chi connectivity index (χ3n) is 8.23. The minimum absolute atomic E-state index is 0.0991. The molecule has 0 spiro atoms. The van der Waals surface area contributed by atoms with E-state index in [0.717, 1.165) is 41.7 Å². The first kappa shape index (κ1) is 31.5. The Bertz CT molecular complexity index is 1310. The van der Waals surface area contributed by atoms with E-state index in [9.17, 15) is 14.4 Å². The van der Waals surface area contributed by atoms with Crippen LogP contribution < -0.4 is 20.7 Å². The summed E-state index contributed by atoms with van der Waals surface area (Å²) in [4.78, 5) is 43.1. The van der Waals surface area contributed by atoms with Crippen molar-refractivity contribution in [3.8, 4) is 5.75 Å². The Morgan fingerprint density at radius 1 is 0.976 bits per heavy atom. The van der Waals surface area contributed by atoms with Crippen molar-refractivity contribution in [3.63, 3.8) is 0 Å². The molecule has 228 valence electrons. The van der Waals surface area contributed by atoms with E-state index in [1.807, 2.05) is 71.9 Å². The zero-order valence-corrected chi connectivity index (χ0v) is 26.5. The number of hydrogen-bond donors (Lipinski definition) is 3. The van der Waals surface area contributed by atoms with Gasteiger partial charge in [-0.05, 0) is 93.8 Å². The molecule has 1 aliphatic carbocycles. The van der Waals surface area contributed by atoms with Crippen molar-refractivity contribution in [2.75, 3.05) is 7.05 Å². The van der Waals surface area contributed by atoms with Crippen LogP contribution in [-0.2, 0) is 33.8 Å². The molecular formula is C34H48N4O4. The molecule has 0 fully saturated rings. The number of nitrogens with one attached hydrogen (secondary N) is 3. The number of amides is 3. The van der Waals surface area contributed by atoms with Gasteiger partial charge in [0.05, 0.1) is 12.1 Å². The molecule has 0 saturated carbocycles. The highest BCUT2D eigenvalue weighted by Crippen LogP contribution is 2.33. The largest absolute Gasteiger partial charge is 0.488 e. The van der Waals surface area contributed by atoms with E-state index in [1.165, 1.54) is 5.56 Å². The van der Waals surface area contributed by atoms with Crippen molar-refractivity contribution < 1.29 is 19.1 Å². The summed E-state index contributed by atoms with van der Waals surface area (Å²) in [6.45, 7) is 13.8. The van der Waals surface area contributed by atoms with E-state index < -0.39 is 23.5 Å². The lowest BCUT2D eigenvalue weighted by Crippen LogP contribution is -2.62. The monoisotopic (exact) mass is 576 g/mol. The molecule has 8 nitrogen and oxygen atoms in total. The van der Waals surface area contributed by atoms with Gasteiger partial charge < -0.3 is 25.6 Å². The Morgan fingerprint density at radius 2 is 1.69 bits per heavy atom. The number of ether oxygens (including phenoxy) is 1. The van der Waals surface area contributed by atoms with E-state index in [-0.39, 0.29) is 35.9 Å². The van der Waals surface area contributed by atoms with Crippen LogP contribution >= 0.6 is 0 Å². The third-order valence-corrected chi connectivity index (χ3v) is 8.23. The minimum atomic E-state index is -0.818. The number of benzene rings is 2. The molecule has 42 heavy (non-hydrogen) atoms. The molecule has 2 aliphatic rings. The van der Waals surface area contributed by atoms with Gasteiger partial charge in [0.2, 0.25) is 17.7 Å². The minimum Gasteiger partial charge on any atom is -0.488 e. The van der Waals surface area contributed by atoms with Crippen LogP contribution in [0.5, 0.6) is 5.75 Å². The van der Waals surface area contributed by atoms with E-state index in [0.29, 0.717) is 6.42 Å². The van der Waals surface area contributed by atoms with Gasteiger partial charge in [0.15, 0.2) is 0 Å². The van der Waals surface area contributed by atoms with Gasteiger partial charge >= 0.3 is 0 Å². The average molecular weight is 577 g/mol. The van der Waals surface area contributed by atoms with Crippen molar-refractivity contribution >= 4 is 17.7 Å². The van der Waals surface area contributed by atoms with Gasteiger partial charge in [0.1, 0.15) is 23.4 Å². The summed E-state index contributed by atoms with van der Waals surface area (Å²) in [6, 6.07) is 12.1. The van der Waals surface area contributed by atoms with Crippen LogP contribution in [0.25, 0.3) is 0 Å². The van der Waals surface area contributed by atoms with Gasteiger partial charge in [-0.3, -0.25) is 14.4 Å². The first-order valence-electron chi connectivity index (χ1n) is 15.1. The second-order valence-corrected chi connectivity index (χ2v) is 13.8. The quantitative estimate of drug-likeness (QED) is 0.452. The lowest BCUT2D eigenvalue weighted by atomic mass is 9.83. The smallest absolute Gasteiger partial charge is 0.246 e. The predicted octanol–water partition coefficient (Wildman–Crippen LogP) is 4.45. The van der Waals surface area contributed by atoms with Crippen LogP contribution in [0.1, 0.15) is 89.6 Å². The molecule has 2 aromatic carbocycles. The van der Waals surface area contributed by atoms with Crippen LogP contribution in [0.4, 0.5) is 0 Å². The predicted molar refractivity (Wildman–Crippen MR) is 165 cm³/mol. The van der Waals surface area contributed by atoms with Crippen LogP contribution in [-0.4, -0.2) is 53.4 Å². The number of rotatable bonds is 7. The maximum atomic E-state index is 14.4. The van der Waals surface area contributed by atoms with Crippen molar-refractivity contribution in [2.24, 2.45) is 5.41 Å². The van der Waals surface area contributed by atoms with Crippen LogP contribution in [0.3, 0.4) is 0 Å². The van der Waals surface area contributed by atoms with E-state index in [2.05, 4.69) is 28.1 Å². The summed E-state index contributed by atoms with van der Waals surface area (Å²) in [7, 11) is 1.71. The Labute approximate surface area is 251 Å². The second-order valence-electron chi connectivity index (χ2n) is 13.8. The number of fused-ring (bicyclic) bond motifs is 2. The third kappa shape index (κ3) is 7.33. The van der Waals surface area contributed by atoms with Gasteiger partial charge in [-0.25, -0.2) is 0 Å². The second kappa shape index (κ2) is 12.5. The summed E-state index contributed by atoms with van der Waals surface area (Å²) in [5, 5.41) is 9.21. The highest BCUT2D eigenvalue weighted by molar-refractivity contribution is 5.94. The number of aryl methyl sites for hydroxylation is 1. The summed E-state index contributed by atoms with van der Waals surface area (Å²) in [5.74, 6) is 0.0205. The molecule has 0 saturated heterocycles. The number of hydrogen-bond acceptors (Lipinski definition) is 5. The highest BCUT2D eigenvalue weighted by Gasteiger charge is 2.43. The van der Waals surface area contributed by atoms with Crippen molar-refractivity contribution in [3.05, 3.63) is 64.7 Å². The molecule has 8 heteroatoms. The summed E-state index contributed by atoms with van der Waals surface area (Å²) in [5.41, 5.74) is 3.42. The Hall–Kier alpha value is -3.39. The van der Waals surface area contributed by atoms with Crippen molar-refractivity contribution in [1.82, 2.24) is 20.9 Å². The molecule has 3 N–H and O–H groups in total. The molecule has 0 aromatic heterocycles. The zero-order chi connectivity index (χ0) is 30.8. The molecule has 1 aliphatic heterocycles. The molecule has 2 aromatic rings. The molecule has 1 heterocycles. The standard InChI is InChI=1S/C34H48N4O4/c1-21(35-8)30(39)37-29(33(2,3)4)32(41)38-20-24-18-25(42-34(5,6)7)17-16-23(24)19-28(38)31(40)36-27-15-11-13-22-12-9-10-14-26(22)27/h9-10,12,14,16-18,21,27-29,35H,11,13,15,19-20H2,1-8H3,(H,36,40)(H,37,39)/t21-,27+,28-,29+/m0/s1. The molecule has 3 amide bonds. The lowest BCUT2D eigenvalue weighted by Gasteiger charge is -2.42. The van der Waals surface area contributed by atoms with E-state index >= 15 is 0 Å². The molecule has 4 rings (SSSR count). The first-order valence-corrected chi connectivity index (χ1v) is 15.1. The first-order chi connectivity index (χ1) is 19.7. The normalized spacial score (nSPS) is 20.0. The van der Waals surface area contributed by atoms with Gasteiger partial charge in [0.25, 0.3) is 0 Å². The van der Waals surface area contributed by atoms with E-state index in [1.54, 1.807) is 18.9 Å². The lowest BCUT2D eigenvalue weighted by molar-refractivity contribution is -0.147. The SMILES string of the molecule is CN[C@@H](C)C(=O)N[C@H](C(=O)N1Cc2cc(OC(C)(C)C)ccc2C[C@H]1C(=O)N[C@@H]1CCCc2ccccc21)C(C)(C)C. The fourth-order valence-electron chi connectivity index (χ4n) is 5.83. The molecular weight excluding hydrogens is 528 g/mol. The maximum absolute atomic E-state index is 14.4. The van der Waals surface area contributed by atoms with Gasteiger partial charge in [-0.2, -0.15) is 0 Å². The van der Waals surface area contributed by atoms with Crippen molar-refractivity contribution in [1.29, 1.82) is 0 Å². The molecule has 0 bridgehead atoms. The van der Waals surface area contributed by atoms with Crippen molar-refractivity contribution in [2.45, 2.75) is 110 Å². The fraction of sp³-hybridized carbons (Fsp3) is 0.559. The number of carbonyl (C=O) groups is 3.